The summed E-state index contributed by atoms with van der Waals surface area (Å²) >= 11 is 0. The second-order valence-corrected chi connectivity index (χ2v) is 9.20. The van der Waals surface area contributed by atoms with Crippen LogP contribution in [0.15, 0.2) is 35.6 Å². The predicted molar refractivity (Wildman–Crippen MR) is 106 cm³/mol. The predicted octanol–water partition coefficient (Wildman–Crippen LogP) is 4.55. The highest BCUT2D eigenvalue weighted by atomic mass is 16.3. The second kappa shape index (κ2) is 7.34. The van der Waals surface area contributed by atoms with Crippen LogP contribution in [0, 0.1) is 35.0 Å². The van der Waals surface area contributed by atoms with Crippen molar-refractivity contribution in [1.82, 2.24) is 4.90 Å². The molecule has 144 valence electrons. The van der Waals surface area contributed by atoms with Crippen molar-refractivity contribution in [2.75, 3.05) is 13.2 Å². The summed E-state index contributed by atoms with van der Waals surface area (Å²) in [6, 6.07) is 0. The third-order valence-corrected chi connectivity index (χ3v) is 7.38. The van der Waals surface area contributed by atoms with E-state index in [4.69, 9.17) is 0 Å². The Morgan fingerprint density at radius 2 is 2.00 bits per heavy atom. The van der Waals surface area contributed by atoms with E-state index in [2.05, 4.69) is 52.8 Å². The van der Waals surface area contributed by atoms with Gasteiger partial charge in [0.15, 0.2) is 0 Å². The van der Waals surface area contributed by atoms with Crippen LogP contribution < -0.4 is 0 Å². The zero-order valence-corrected chi connectivity index (χ0v) is 17.0. The number of β-amino-alcohol motifs (C(OH)–C–C–N with tert-alkyl or cyclic N) is 1. The highest BCUT2D eigenvalue weighted by molar-refractivity contribution is 5.95. The monoisotopic (exact) mass is 357 g/mol. The second-order valence-electron chi connectivity index (χ2n) is 9.20. The van der Waals surface area contributed by atoms with Gasteiger partial charge in [0.05, 0.1) is 6.61 Å². The van der Waals surface area contributed by atoms with Gasteiger partial charge in [-0.2, -0.15) is 0 Å². The molecule has 0 aromatic rings. The summed E-state index contributed by atoms with van der Waals surface area (Å²) in [5, 5.41) is 9.28. The van der Waals surface area contributed by atoms with Gasteiger partial charge in [0.2, 0.25) is 0 Å². The van der Waals surface area contributed by atoms with Crippen molar-refractivity contribution in [2.45, 2.75) is 53.9 Å². The van der Waals surface area contributed by atoms with Crippen molar-refractivity contribution in [3.05, 3.63) is 35.6 Å². The summed E-state index contributed by atoms with van der Waals surface area (Å²) in [7, 11) is 0. The number of allylic oxidation sites excluding steroid dienone is 4. The summed E-state index contributed by atoms with van der Waals surface area (Å²) in [6.07, 6.45) is 12.4. The molecule has 3 aliphatic rings. The molecular weight excluding hydrogens is 322 g/mol. The number of hydrogen-bond acceptors (Lipinski definition) is 2. The van der Waals surface area contributed by atoms with Crippen LogP contribution in [0.3, 0.4) is 0 Å². The van der Waals surface area contributed by atoms with Gasteiger partial charge in [-0.15, -0.1) is 0 Å². The molecule has 0 aromatic heterocycles. The highest BCUT2D eigenvalue weighted by Gasteiger charge is 2.52. The van der Waals surface area contributed by atoms with E-state index in [9.17, 15) is 9.90 Å². The molecular formula is C23H35NO2. The van der Waals surface area contributed by atoms with Crippen LogP contribution in [0.5, 0.6) is 0 Å². The van der Waals surface area contributed by atoms with Crippen LogP contribution in [0.25, 0.3) is 0 Å². The van der Waals surface area contributed by atoms with Crippen molar-refractivity contribution in [3.8, 4) is 0 Å². The van der Waals surface area contributed by atoms with Crippen LogP contribution in [0.2, 0.25) is 0 Å². The Morgan fingerprint density at radius 1 is 1.27 bits per heavy atom. The Hall–Kier alpha value is -1.35. The van der Waals surface area contributed by atoms with Gasteiger partial charge >= 0.3 is 0 Å². The molecule has 1 amide bonds. The number of hydrogen-bond donors (Lipinski definition) is 1. The van der Waals surface area contributed by atoms with Crippen LogP contribution in [0.4, 0.5) is 0 Å². The molecule has 1 saturated carbocycles. The molecule has 3 heteroatoms. The molecule has 1 heterocycles. The number of amides is 1. The first-order chi connectivity index (χ1) is 12.3. The third-order valence-electron chi connectivity index (χ3n) is 7.38. The lowest BCUT2D eigenvalue weighted by Crippen LogP contribution is -2.37. The first-order valence-electron chi connectivity index (χ1n) is 10.3. The molecule has 0 bridgehead atoms. The maximum absolute atomic E-state index is 12.4. The van der Waals surface area contributed by atoms with Gasteiger partial charge in [0.25, 0.3) is 5.91 Å². The molecule has 1 fully saturated rings. The number of rotatable bonds is 6. The van der Waals surface area contributed by atoms with E-state index in [1.807, 2.05) is 6.08 Å². The largest absolute Gasteiger partial charge is 0.395 e. The van der Waals surface area contributed by atoms with Crippen LogP contribution >= 0.6 is 0 Å². The number of carbonyl (C=O) groups is 1. The fourth-order valence-electron chi connectivity index (χ4n) is 5.35. The van der Waals surface area contributed by atoms with Crippen molar-refractivity contribution >= 4 is 5.91 Å². The number of fused-ring (bicyclic) bond motifs is 3. The molecule has 1 aliphatic heterocycles. The number of aliphatic hydroxyl groups is 1. The van der Waals surface area contributed by atoms with Crippen LogP contribution in [-0.4, -0.2) is 29.1 Å². The fraction of sp³-hybridized carbons (Fsp3) is 0.696. The lowest BCUT2D eigenvalue weighted by Gasteiger charge is -2.43. The average molecular weight is 358 g/mol. The Labute approximate surface area is 158 Å². The Balaban J connectivity index is 1.81. The Kier molecular flexibility index (Phi) is 5.48. The quantitative estimate of drug-likeness (QED) is 0.708. The fourth-order valence-corrected chi connectivity index (χ4v) is 5.35. The molecule has 2 aliphatic carbocycles. The number of carbonyl (C=O) groups excluding carboxylic acids is 1. The molecule has 5 unspecified atom stereocenters. The van der Waals surface area contributed by atoms with Crippen molar-refractivity contribution < 1.29 is 9.90 Å². The Morgan fingerprint density at radius 3 is 2.65 bits per heavy atom. The highest BCUT2D eigenvalue weighted by Crippen LogP contribution is 2.60. The zero-order chi connectivity index (χ0) is 19.1. The van der Waals surface area contributed by atoms with Gasteiger partial charge in [-0.3, -0.25) is 4.79 Å². The van der Waals surface area contributed by atoms with Crippen molar-refractivity contribution in [2.24, 2.45) is 35.0 Å². The summed E-state index contributed by atoms with van der Waals surface area (Å²) in [4.78, 5) is 14.1. The molecule has 0 spiro atoms. The topological polar surface area (TPSA) is 40.5 Å². The molecule has 5 atom stereocenters. The minimum absolute atomic E-state index is 0.0185. The molecule has 0 aromatic carbocycles. The Bertz CT molecular complexity index is 645. The average Bonchev–Trinajstić information content (AvgIpc) is 3.10. The molecule has 0 saturated heterocycles. The molecule has 0 radical (unpaired) electrons. The standard InChI is InChI=1S/C23H35NO2/c1-15(2)16(3)6-7-17(4)19-8-9-20-18-14-22(26)24(12-13-25)21(18)10-11-23(19,20)5/h6-7,10,14-17,19-20,25H,8-9,11-13H2,1-5H3. The zero-order valence-electron chi connectivity index (χ0n) is 17.0. The minimum Gasteiger partial charge on any atom is -0.395 e. The number of nitrogens with zero attached hydrogens (tertiary/aromatic N) is 1. The van der Waals surface area contributed by atoms with Crippen molar-refractivity contribution in [3.63, 3.8) is 0 Å². The lowest BCUT2D eigenvalue weighted by atomic mass is 9.62. The van der Waals surface area contributed by atoms with E-state index < -0.39 is 0 Å². The van der Waals surface area contributed by atoms with Crippen LogP contribution in [0.1, 0.15) is 53.9 Å². The summed E-state index contributed by atoms with van der Waals surface area (Å²) < 4.78 is 0. The maximum atomic E-state index is 12.4. The smallest absolute Gasteiger partial charge is 0.251 e. The van der Waals surface area contributed by atoms with E-state index >= 15 is 0 Å². The van der Waals surface area contributed by atoms with Gasteiger partial charge in [-0.25, -0.2) is 0 Å². The molecule has 3 nitrogen and oxygen atoms in total. The van der Waals surface area contributed by atoms with Crippen molar-refractivity contribution in [1.29, 1.82) is 0 Å². The van der Waals surface area contributed by atoms with Gasteiger partial charge in [-0.1, -0.05) is 52.8 Å². The summed E-state index contributed by atoms with van der Waals surface area (Å²) in [6.45, 7) is 12.1. The third kappa shape index (κ3) is 3.19. The molecule has 26 heavy (non-hydrogen) atoms. The van der Waals surface area contributed by atoms with E-state index in [-0.39, 0.29) is 17.9 Å². The minimum atomic E-state index is 0.0185. The SMILES string of the molecule is CC(C)C(C)C=CC(C)C1CCC2C3=CC(=O)N(CCO)C3=CCC21C. The normalized spacial score (nSPS) is 33.3. The van der Waals surface area contributed by atoms with Gasteiger partial charge in [0, 0.05) is 18.3 Å². The first-order valence-corrected chi connectivity index (χ1v) is 10.3. The van der Waals surface area contributed by atoms with Gasteiger partial charge < -0.3 is 10.0 Å². The van der Waals surface area contributed by atoms with Gasteiger partial charge in [-0.05, 0) is 59.8 Å². The molecule has 1 N–H and O–H groups in total. The maximum Gasteiger partial charge on any atom is 0.251 e. The van der Waals surface area contributed by atoms with Crippen LogP contribution in [-0.2, 0) is 4.79 Å². The van der Waals surface area contributed by atoms with E-state index in [1.54, 1.807) is 4.90 Å². The summed E-state index contributed by atoms with van der Waals surface area (Å²) in [5.41, 5.74) is 2.53. The molecule has 3 rings (SSSR count). The first kappa shape index (κ1) is 19.4. The van der Waals surface area contributed by atoms with Gasteiger partial charge in [0.1, 0.15) is 0 Å². The van der Waals surface area contributed by atoms with E-state index in [0.717, 1.165) is 12.1 Å². The lowest BCUT2D eigenvalue weighted by molar-refractivity contribution is -0.123. The van der Waals surface area contributed by atoms with E-state index in [0.29, 0.717) is 36.1 Å². The summed E-state index contributed by atoms with van der Waals surface area (Å²) in [5.74, 6) is 3.03. The number of aliphatic hydroxyl groups excluding tert-OH is 1. The van der Waals surface area contributed by atoms with E-state index in [1.165, 1.54) is 18.4 Å².